The number of hydrogen-bond donors (Lipinski definition) is 1. The van der Waals surface area contributed by atoms with Crippen molar-refractivity contribution in [3.8, 4) is 0 Å². The minimum absolute atomic E-state index is 0.0685. The number of nitrogens with one attached hydrogen (secondary N) is 1. The first kappa shape index (κ1) is 16.5. The molecule has 1 aliphatic heterocycles. The van der Waals surface area contributed by atoms with Crippen molar-refractivity contribution >= 4 is 10.0 Å². The average molecular weight is 310 g/mol. The molecule has 21 heavy (non-hydrogen) atoms. The Balaban J connectivity index is 1.90. The van der Waals surface area contributed by atoms with Gasteiger partial charge < -0.3 is 4.90 Å². The van der Waals surface area contributed by atoms with E-state index >= 15 is 0 Å². The minimum atomic E-state index is -3.26. The third-order valence-electron chi connectivity index (χ3n) is 4.05. The second-order valence-corrected chi connectivity index (χ2v) is 8.02. The summed E-state index contributed by atoms with van der Waals surface area (Å²) in [5.41, 5.74) is 1.94. The summed E-state index contributed by atoms with van der Waals surface area (Å²) in [6, 6.07) is 8.30. The van der Waals surface area contributed by atoms with Crippen LogP contribution >= 0.6 is 0 Å². The van der Waals surface area contributed by atoms with E-state index in [1.165, 1.54) is 0 Å². The highest BCUT2D eigenvalue weighted by Crippen LogP contribution is 2.15. The van der Waals surface area contributed by atoms with Gasteiger partial charge in [0.15, 0.2) is 0 Å². The van der Waals surface area contributed by atoms with Crippen LogP contribution < -0.4 is 4.72 Å². The third kappa shape index (κ3) is 5.09. The summed E-state index contributed by atoms with van der Waals surface area (Å²) >= 11 is 0. The Morgan fingerprint density at radius 1 is 1.29 bits per heavy atom. The second-order valence-electron chi connectivity index (χ2n) is 6.27. The molecule has 0 aromatic heterocycles. The summed E-state index contributed by atoms with van der Waals surface area (Å²) in [7, 11) is -3.26. The molecule has 0 aliphatic carbocycles. The van der Waals surface area contributed by atoms with Crippen LogP contribution in [0.1, 0.15) is 37.8 Å². The molecule has 0 saturated carbocycles. The molecule has 0 unspecified atom stereocenters. The van der Waals surface area contributed by atoms with E-state index in [-0.39, 0.29) is 11.8 Å². The lowest BCUT2D eigenvalue weighted by atomic mass is 10.1. The van der Waals surface area contributed by atoms with Crippen molar-refractivity contribution in [1.29, 1.82) is 0 Å². The summed E-state index contributed by atoms with van der Waals surface area (Å²) in [6.07, 6.45) is 1.79. The largest absolute Gasteiger partial charge is 0.301 e. The molecule has 1 heterocycles. The fourth-order valence-electron chi connectivity index (χ4n) is 2.85. The van der Waals surface area contributed by atoms with Crippen molar-refractivity contribution in [3.05, 3.63) is 35.4 Å². The molecule has 0 amide bonds. The maximum absolute atomic E-state index is 12.3. The monoisotopic (exact) mass is 310 g/mol. The molecule has 4 nitrogen and oxygen atoms in total. The highest BCUT2D eigenvalue weighted by atomic mass is 32.2. The zero-order valence-corrected chi connectivity index (χ0v) is 14.0. The average Bonchev–Trinajstić information content (AvgIpc) is 2.38. The number of aryl methyl sites for hydroxylation is 1. The fourth-order valence-corrected chi connectivity index (χ4v) is 4.30. The van der Waals surface area contributed by atoms with E-state index in [2.05, 4.69) is 23.5 Å². The quantitative estimate of drug-likeness (QED) is 0.908. The Labute approximate surface area is 128 Å². The number of likely N-dealkylation sites (tertiary alicyclic amines) is 1. The summed E-state index contributed by atoms with van der Waals surface area (Å²) in [5.74, 6) is 0.0685. The van der Waals surface area contributed by atoms with Crippen LogP contribution in [0.25, 0.3) is 0 Å². The van der Waals surface area contributed by atoms with E-state index in [9.17, 15) is 8.42 Å². The van der Waals surface area contributed by atoms with Gasteiger partial charge in [-0.2, -0.15) is 0 Å². The fraction of sp³-hybridized carbons (Fsp3) is 0.625. The van der Waals surface area contributed by atoms with E-state index in [4.69, 9.17) is 0 Å². The van der Waals surface area contributed by atoms with E-state index in [0.717, 1.165) is 37.1 Å². The molecule has 5 heteroatoms. The Bertz CT molecular complexity index is 561. The Morgan fingerprint density at radius 3 is 2.52 bits per heavy atom. The molecule has 1 aliphatic rings. The zero-order chi connectivity index (χ0) is 15.5. The standard InChI is InChI=1S/C16H26N2O2S/c1-13(2)18-9-7-16(8-10-18)17-21(19,20)12-15-6-4-5-14(3)11-15/h4-6,11,13,16-17H,7-10,12H2,1-3H3. The van der Waals surface area contributed by atoms with Crippen LogP contribution in [0.5, 0.6) is 0 Å². The van der Waals surface area contributed by atoms with E-state index < -0.39 is 10.0 Å². The number of sulfonamides is 1. The van der Waals surface area contributed by atoms with E-state index in [1.54, 1.807) is 0 Å². The number of hydrogen-bond acceptors (Lipinski definition) is 3. The smallest absolute Gasteiger partial charge is 0.216 e. The SMILES string of the molecule is Cc1cccc(CS(=O)(=O)NC2CCN(C(C)C)CC2)c1. The van der Waals surface area contributed by atoms with Crippen LogP contribution in [0.2, 0.25) is 0 Å². The van der Waals surface area contributed by atoms with Crippen molar-refractivity contribution in [2.45, 2.75) is 51.4 Å². The first-order chi connectivity index (χ1) is 9.85. The van der Waals surface area contributed by atoms with Crippen LogP contribution in [0.15, 0.2) is 24.3 Å². The predicted molar refractivity (Wildman–Crippen MR) is 86.7 cm³/mol. The maximum Gasteiger partial charge on any atom is 0.216 e. The molecular weight excluding hydrogens is 284 g/mol. The summed E-state index contributed by atoms with van der Waals surface area (Å²) in [6.45, 7) is 8.28. The van der Waals surface area contributed by atoms with Gasteiger partial charge in [-0.25, -0.2) is 13.1 Å². The van der Waals surface area contributed by atoms with Crippen LogP contribution in [-0.4, -0.2) is 38.5 Å². The van der Waals surface area contributed by atoms with Gasteiger partial charge in [0.2, 0.25) is 10.0 Å². The van der Waals surface area contributed by atoms with Crippen molar-refractivity contribution in [2.24, 2.45) is 0 Å². The van der Waals surface area contributed by atoms with Gasteiger partial charge in [-0.3, -0.25) is 0 Å². The second kappa shape index (κ2) is 6.90. The molecule has 0 radical (unpaired) electrons. The third-order valence-corrected chi connectivity index (χ3v) is 5.45. The van der Waals surface area contributed by atoms with E-state index in [1.807, 2.05) is 31.2 Å². The van der Waals surface area contributed by atoms with Gasteiger partial charge in [0.1, 0.15) is 0 Å². The number of benzene rings is 1. The number of rotatable bonds is 5. The van der Waals surface area contributed by atoms with Crippen molar-refractivity contribution in [1.82, 2.24) is 9.62 Å². The van der Waals surface area contributed by atoms with Crippen molar-refractivity contribution in [2.75, 3.05) is 13.1 Å². The summed E-state index contributed by atoms with van der Waals surface area (Å²) in [4.78, 5) is 2.39. The molecule has 0 atom stereocenters. The van der Waals surface area contributed by atoms with Crippen molar-refractivity contribution in [3.63, 3.8) is 0 Å². The normalized spacial score (nSPS) is 18.3. The molecule has 1 aromatic carbocycles. The highest BCUT2D eigenvalue weighted by Gasteiger charge is 2.24. The van der Waals surface area contributed by atoms with Crippen LogP contribution in [-0.2, 0) is 15.8 Å². The molecule has 1 fully saturated rings. The Hall–Kier alpha value is -0.910. The topological polar surface area (TPSA) is 49.4 Å². The molecule has 0 bridgehead atoms. The van der Waals surface area contributed by atoms with Crippen LogP contribution in [0.4, 0.5) is 0 Å². The number of piperidine rings is 1. The maximum atomic E-state index is 12.3. The summed E-state index contributed by atoms with van der Waals surface area (Å²) in [5, 5.41) is 0. The van der Waals surface area contributed by atoms with Crippen molar-refractivity contribution < 1.29 is 8.42 Å². The lowest BCUT2D eigenvalue weighted by molar-refractivity contribution is 0.168. The number of nitrogens with zero attached hydrogens (tertiary/aromatic N) is 1. The molecule has 118 valence electrons. The molecule has 1 aromatic rings. The molecular formula is C16H26N2O2S. The van der Waals surface area contributed by atoms with Gasteiger partial charge in [-0.05, 0) is 52.3 Å². The first-order valence-electron chi connectivity index (χ1n) is 7.65. The molecule has 0 spiro atoms. The van der Waals surface area contributed by atoms with Gasteiger partial charge in [0.25, 0.3) is 0 Å². The lowest BCUT2D eigenvalue weighted by Gasteiger charge is -2.34. The van der Waals surface area contributed by atoms with Gasteiger partial charge >= 0.3 is 0 Å². The van der Waals surface area contributed by atoms with Gasteiger partial charge in [0, 0.05) is 12.1 Å². The highest BCUT2D eigenvalue weighted by molar-refractivity contribution is 7.88. The van der Waals surface area contributed by atoms with Gasteiger partial charge in [-0.15, -0.1) is 0 Å². The Morgan fingerprint density at radius 2 is 1.95 bits per heavy atom. The lowest BCUT2D eigenvalue weighted by Crippen LogP contribution is -2.46. The molecule has 1 N–H and O–H groups in total. The van der Waals surface area contributed by atoms with Gasteiger partial charge in [-0.1, -0.05) is 29.8 Å². The molecule has 2 rings (SSSR count). The Kier molecular flexibility index (Phi) is 5.41. The van der Waals surface area contributed by atoms with E-state index in [0.29, 0.717) is 6.04 Å². The molecule has 1 saturated heterocycles. The zero-order valence-electron chi connectivity index (χ0n) is 13.2. The van der Waals surface area contributed by atoms with Crippen LogP contribution in [0, 0.1) is 6.92 Å². The van der Waals surface area contributed by atoms with Crippen LogP contribution in [0.3, 0.4) is 0 Å². The first-order valence-corrected chi connectivity index (χ1v) is 9.30. The minimum Gasteiger partial charge on any atom is -0.301 e. The summed E-state index contributed by atoms with van der Waals surface area (Å²) < 4.78 is 27.4. The predicted octanol–water partition coefficient (Wildman–Crippen LogP) is 2.29. The van der Waals surface area contributed by atoms with Gasteiger partial charge in [0.05, 0.1) is 5.75 Å².